The van der Waals surface area contributed by atoms with Crippen LogP contribution in [0.3, 0.4) is 0 Å². The molecule has 138 valence electrons. The van der Waals surface area contributed by atoms with Crippen LogP contribution in [0.4, 0.5) is 0 Å². The number of nitrogens with one attached hydrogen (secondary N) is 1. The second-order valence-electron chi connectivity index (χ2n) is 7.84. The predicted molar refractivity (Wildman–Crippen MR) is 102 cm³/mol. The number of aromatic amines is 1. The lowest BCUT2D eigenvalue weighted by Crippen LogP contribution is -2.64. The fourth-order valence-electron chi connectivity index (χ4n) is 4.58. The van der Waals surface area contributed by atoms with Crippen LogP contribution < -0.4 is 0 Å². The van der Waals surface area contributed by atoms with Crippen molar-refractivity contribution in [2.24, 2.45) is 5.41 Å². The Bertz CT molecular complexity index is 764. The number of hydrogen-bond donors (Lipinski definition) is 1. The van der Waals surface area contributed by atoms with Crippen LogP contribution in [0.2, 0.25) is 5.02 Å². The summed E-state index contributed by atoms with van der Waals surface area (Å²) in [7, 11) is 0. The van der Waals surface area contributed by atoms with Gasteiger partial charge in [-0.3, -0.25) is 9.69 Å². The van der Waals surface area contributed by atoms with Gasteiger partial charge in [-0.15, -0.1) is 0 Å². The van der Waals surface area contributed by atoms with Gasteiger partial charge in [0, 0.05) is 42.2 Å². The van der Waals surface area contributed by atoms with E-state index in [0.717, 1.165) is 37.5 Å². The molecule has 4 rings (SSSR count). The first-order valence-corrected chi connectivity index (χ1v) is 9.67. The van der Waals surface area contributed by atoms with Crippen LogP contribution in [0.1, 0.15) is 48.8 Å². The van der Waals surface area contributed by atoms with E-state index in [0.29, 0.717) is 17.8 Å². The molecule has 2 aromatic rings. The third kappa shape index (κ3) is 2.93. The number of aromatic nitrogens is 2. The van der Waals surface area contributed by atoms with Gasteiger partial charge in [-0.05, 0) is 44.4 Å². The Labute approximate surface area is 159 Å². The number of halogens is 1. The lowest BCUT2D eigenvalue weighted by Gasteiger charge is -2.62. The van der Waals surface area contributed by atoms with Gasteiger partial charge in [-0.1, -0.05) is 23.7 Å². The SMILES string of the molecule is CC(C)N1CC2(CCN(C(=O)c3cnc[nH]3)CC2)C1c1ccc(Cl)cc1. The van der Waals surface area contributed by atoms with Gasteiger partial charge in [0.25, 0.3) is 5.91 Å². The third-order valence-electron chi connectivity index (χ3n) is 6.03. The summed E-state index contributed by atoms with van der Waals surface area (Å²) in [4.78, 5) is 24.0. The molecule has 5 nitrogen and oxygen atoms in total. The largest absolute Gasteiger partial charge is 0.341 e. The lowest BCUT2D eigenvalue weighted by atomic mass is 9.62. The number of benzene rings is 1. The zero-order valence-electron chi connectivity index (χ0n) is 15.3. The molecule has 1 atom stereocenters. The molecule has 1 aromatic carbocycles. The Kier molecular flexibility index (Phi) is 4.53. The lowest BCUT2D eigenvalue weighted by molar-refractivity contribution is -0.124. The molecule has 2 aliphatic heterocycles. The average molecular weight is 373 g/mol. The van der Waals surface area contributed by atoms with Crippen molar-refractivity contribution in [3.63, 3.8) is 0 Å². The number of carbonyl (C=O) groups excluding carboxylic acids is 1. The Balaban J connectivity index is 1.51. The number of rotatable bonds is 3. The van der Waals surface area contributed by atoms with E-state index in [9.17, 15) is 4.79 Å². The molecule has 1 spiro atoms. The molecule has 26 heavy (non-hydrogen) atoms. The highest BCUT2D eigenvalue weighted by atomic mass is 35.5. The number of carbonyl (C=O) groups is 1. The summed E-state index contributed by atoms with van der Waals surface area (Å²) >= 11 is 6.09. The van der Waals surface area contributed by atoms with Gasteiger partial charge >= 0.3 is 0 Å². The first-order chi connectivity index (χ1) is 12.5. The minimum absolute atomic E-state index is 0.0560. The highest BCUT2D eigenvalue weighted by Crippen LogP contribution is 2.55. The zero-order chi connectivity index (χ0) is 18.3. The van der Waals surface area contributed by atoms with E-state index in [-0.39, 0.29) is 11.3 Å². The molecule has 1 aromatic heterocycles. The van der Waals surface area contributed by atoms with Crippen LogP contribution in [0.15, 0.2) is 36.8 Å². The predicted octanol–water partition coefficient (Wildman–Crippen LogP) is 3.75. The maximum atomic E-state index is 12.6. The van der Waals surface area contributed by atoms with Gasteiger partial charge in [-0.25, -0.2) is 4.98 Å². The molecule has 0 radical (unpaired) electrons. The average Bonchev–Trinajstić information content (AvgIpc) is 3.16. The fourth-order valence-corrected chi connectivity index (χ4v) is 4.71. The van der Waals surface area contributed by atoms with Crippen molar-refractivity contribution >= 4 is 17.5 Å². The number of H-pyrrole nitrogens is 1. The van der Waals surface area contributed by atoms with E-state index in [1.165, 1.54) is 5.56 Å². The van der Waals surface area contributed by atoms with E-state index >= 15 is 0 Å². The maximum Gasteiger partial charge on any atom is 0.271 e. The molecule has 3 heterocycles. The van der Waals surface area contributed by atoms with E-state index in [1.54, 1.807) is 12.5 Å². The number of likely N-dealkylation sites (tertiary alicyclic amines) is 2. The van der Waals surface area contributed by atoms with Crippen LogP contribution in [-0.4, -0.2) is 51.4 Å². The quantitative estimate of drug-likeness (QED) is 0.892. The topological polar surface area (TPSA) is 52.2 Å². The molecule has 2 saturated heterocycles. The number of imidazole rings is 1. The summed E-state index contributed by atoms with van der Waals surface area (Å²) in [5.74, 6) is 0.0560. The van der Waals surface area contributed by atoms with Gasteiger partial charge in [-0.2, -0.15) is 0 Å². The van der Waals surface area contributed by atoms with Gasteiger partial charge < -0.3 is 9.88 Å². The Morgan fingerprint density at radius 2 is 1.96 bits per heavy atom. The summed E-state index contributed by atoms with van der Waals surface area (Å²) in [6.07, 6.45) is 5.22. The highest BCUT2D eigenvalue weighted by molar-refractivity contribution is 6.30. The first kappa shape index (κ1) is 17.6. The van der Waals surface area contributed by atoms with Gasteiger partial charge in [0.05, 0.1) is 12.5 Å². The molecule has 1 N–H and O–H groups in total. The summed E-state index contributed by atoms with van der Waals surface area (Å²) in [5, 5.41) is 0.776. The van der Waals surface area contributed by atoms with Gasteiger partial charge in [0.15, 0.2) is 0 Å². The van der Waals surface area contributed by atoms with Crippen molar-refractivity contribution < 1.29 is 4.79 Å². The number of hydrogen-bond acceptors (Lipinski definition) is 3. The summed E-state index contributed by atoms with van der Waals surface area (Å²) in [5.41, 5.74) is 2.17. The molecule has 2 fully saturated rings. The normalized spacial score (nSPS) is 22.6. The van der Waals surface area contributed by atoms with Crippen molar-refractivity contribution in [1.82, 2.24) is 19.8 Å². The minimum Gasteiger partial charge on any atom is -0.341 e. The van der Waals surface area contributed by atoms with Crippen molar-refractivity contribution in [3.05, 3.63) is 53.1 Å². The summed E-state index contributed by atoms with van der Waals surface area (Å²) in [6.45, 7) is 7.21. The Morgan fingerprint density at radius 3 is 2.54 bits per heavy atom. The van der Waals surface area contributed by atoms with Crippen molar-refractivity contribution in [1.29, 1.82) is 0 Å². The van der Waals surface area contributed by atoms with Crippen LogP contribution in [0, 0.1) is 5.41 Å². The van der Waals surface area contributed by atoms with E-state index in [4.69, 9.17) is 11.6 Å². The van der Waals surface area contributed by atoms with Crippen LogP contribution >= 0.6 is 11.6 Å². The molecule has 0 aliphatic carbocycles. The van der Waals surface area contributed by atoms with Crippen LogP contribution in [-0.2, 0) is 0 Å². The monoisotopic (exact) mass is 372 g/mol. The molecule has 0 saturated carbocycles. The summed E-state index contributed by atoms with van der Waals surface area (Å²) in [6, 6.07) is 9.20. The van der Waals surface area contributed by atoms with Gasteiger partial charge in [0.2, 0.25) is 0 Å². The second kappa shape index (κ2) is 6.71. The molecule has 6 heteroatoms. The van der Waals surface area contributed by atoms with Crippen LogP contribution in [0.25, 0.3) is 0 Å². The zero-order valence-corrected chi connectivity index (χ0v) is 16.0. The second-order valence-corrected chi connectivity index (χ2v) is 8.28. The third-order valence-corrected chi connectivity index (χ3v) is 6.29. The van der Waals surface area contributed by atoms with E-state index in [2.05, 4.69) is 40.8 Å². The highest BCUT2D eigenvalue weighted by Gasteiger charge is 2.54. The van der Waals surface area contributed by atoms with Crippen molar-refractivity contribution in [3.8, 4) is 0 Å². The molecular weight excluding hydrogens is 348 g/mol. The molecule has 2 aliphatic rings. The Morgan fingerprint density at radius 1 is 1.27 bits per heavy atom. The standard InChI is InChI=1S/C20H25ClN4O/c1-14(2)25-12-20(18(25)15-3-5-16(21)6-4-15)7-9-24(10-8-20)19(26)17-11-22-13-23-17/h3-6,11,13-14,18H,7-10,12H2,1-2H3,(H,22,23). The Hall–Kier alpha value is -1.85. The van der Waals surface area contributed by atoms with E-state index in [1.807, 2.05) is 17.0 Å². The number of piperidine rings is 1. The minimum atomic E-state index is 0.0560. The van der Waals surface area contributed by atoms with E-state index < -0.39 is 0 Å². The molecule has 1 amide bonds. The molecule has 0 bridgehead atoms. The molecular formula is C20H25ClN4O. The van der Waals surface area contributed by atoms with Gasteiger partial charge in [0.1, 0.15) is 5.69 Å². The van der Waals surface area contributed by atoms with Crippen molar-refractivity contribution in [2.45, 2.75) is 38.8 Å². The number of amides is 1. The smallest absolute Gasteiger partial charge is 0.271 e. The fraction of sp³-hybridized carbons (Fsp3) is 0.500. The maximum absolute atomic E-state index is 12.6. The van der Waals surface area contributed by atoms with Crippen molar-refractivity contribution in [2.75, 3.05) is 19.6 Å². The summed E-state index contributed by atoms with van der Waals surface area (Å²) < 4.78 is 0. The number of nitrogens with zero attached hydrogens (tertiary/aromatic N) is 3. The first-order valence-electron chi connectivity index (χ1n) is 9.29. The molecule has 1 unspecified atom stereocenters. The van der Waals surface area contributed by atoms with Crippen LogP contribution in [0.5, 0.6) is 0 Å².